The first-order valence-corrected chi connectivity index (χ1v) is 9.70. The molecule has 2 heterocycles. The van der Waals surface area contributed by atoms with Crippen molar-refractivity contribution in [1.29, 1.82) is 0 Å². The Balaban J connectivity index is 1.54. The van der Waals surface area contributed by atoms with Crippen molar-refractivity contribution in [3.05, 3.63) is 57.3 Å². The van der Waals surface area contributed by atoms with Crippen molar-refractivity contribution in [3.63, 3.8) is 0 Å². The lowest BCUT2D eigenvalue weighted by Crippen LogP contribution is -2.44. The molecule has 1 aromatic carbocycles. The molecule has 1 aromatic heterocycles. The van der Waals surface area contributed by atoms with Gasteiger partial charge < -0.3 is 10.1 Å². The van der Waals surface area contributed by atoms with Crippen LogP contribution in [-0.4, -0.2) is 42.0 Å². The van der Waals surface area contributed by atoms with Gasteiger partial charge in [-0.15, -0.1) is 0 Å². The third-order valence-electron chi connectivity index (χ3n) is 4.56. The van der Waals surface area contributed by atoms with E-state index in [1.54, 1.807) is 19.4 Å². The van der Waals surface area contributed by atoms with Gasteiger partial charge in [-0.3, -0.25) is 9.69 Å². The van der Waals surface area contributed by atoms with E-state index in [9.17, 15) is 4.79 Å². The molecular formula is C19H21BrClN3O2. The van der Waals surface area contributed by atoms with Gasteiger partial charge in [-0.05, 0) is 40.9 Å². The van der Waals surface area contributed by atoms with Gasteiger partial charge in [-0.25, -0.2) is 4.98 Å². The summed E-state index contributed by atoms with van der Waals surface area (Å²) in [7, 11) is 1.70. The number of piperidine rings is 1. The van der Waals surface area contributed by atoms with E-state index in [-0.39, 0.29) is 17.1 Å². The number of methoxy groups -OCH3 is 1. The fourth-order valence-corrected chi connectivity index (χ4v) is 3.68. The minimum absolute atomic E-state index is 0.145. The Morgan fingerprint density at radius 1 is 1.38 bits per heavy atom. The van der Waals surface area contributed by atoms with Gasteiger partial charge in [0.25, 0.3) is 5.91 Å². The quantitative estimate of drug-likeness (QED) is 0.719. The molecule has 2 aromatic rings. The highest BCUT2D eigenvalue weighted by Gasteiger charge is 2.23. The van der Waals surface area contributed by atoms with Gasteiger partial charge in [0.2, 0.25) is 0 Å². The van der Waals surface area contributed by atoms with Gasteiger partial charge in [0.1, 0.15) is 10.9 Å². The third-order valence-corrected chi connectivity index (χ3v) is 5.29. The first-order valence-electron chi connectivity index (χ1n) is 8.53. The maximum absolute atomic E-state index is 12.5. The zero-order valence-electron chi connectivity index (χ0n) is 14.5. The Morgan fingerprint density at radius 3 is 2.85 bits per heavy atom. The zero-order valence-corrected chi connectivity index (χ0v) is 16.9. The second-order valence-corrected chi connectivity index (χ2v) is 7.60. The molecule has 0 spiro atoms. The van der Waals surface area contributed by atoms with Gasteiger partial charge in [-0.1, -0.05) is 29.8 Å². The summed E-state index contributed by atoms with van der Waals surface area (Å²) in [5.41, 5.74) is 1.59. The Bertz CT molecular complexity index is 779. The maximum Gasteiger partial charge on any atom is 0.254 e. The molecule has 0 atom stereocenters. The second-order valence-electron chi connectivity index (χ2n) is 6.33. The number of amides is 1. The fourth-order valence-electron chi connectivity index (χ4n) is 3.15. The number of carbonyl (C=O) groups excluding carboxylic acids is 1. The Morgan fingerprint density at radius 2 is 2.12 bits per heavy atom. The van der Waals surface area contributed by atoms with Gasteiger partial charge >= 0.3 is 0 Å². The minimum atomic E-state index is -0.174. The SMILES string of the molecule is COc1ccccc1CN1CCC(NC(=O)c2cc(Br)cnc2Cl)CC1. The molecule has 1 amide bonds. The fraction of sp³-hybridized carbons (Fsp3) is 0.368. The van der Waals surface area contributed by atoms with Crippen molar-refractivity contribution in [2.24, 2.45) is 0 Å². The number of rotatable bonds is 5. The van der Waals surface area contributed by atoms with Crippen LogP contribution >= 0.6 is 27.5 Å². The highest BCUT2D eigenvalue weighted by atomic mass is 79.9. The van der Waals surface area contributed by atoms with Gasteiger partial charge in [0, 0.05) is 41.9 Å². The number of nitrogens with one attached hydrogen (secondary N) is 1. The number of para-hydroxylation sites is 1. The largest absolute Gasteiger partial charge is 0.496 e. The summed E-state index contributed by atoms with van der Waals surface area (Å²) in [6, 6.07) is 9.92. The zero-order chi connectivity index (χ0) is 18.5. The average molecular weight is 439 g/mol. The lowest BCUT2D eigenvalue weighted by Gasteiger charge is -2.32. The van der Waals surface area contributed by atoms with Crippen LogP contribution in [-0.2, 0) is 6.54 Å². The lowest BCUT2D eigenvalue weighted by molar-refractivity contribution is 0.0908. The van der Waals surface area contributed by atoms with Crippen LogP contribution in [0.4, 0.5) is 0 Å². The van der Waals surface area contributed by atoms with E-state index in [1.807, 2.05) is 18.2 Å². The summed E-state index contributed by atoms with van der Waals surface area (Å²) in [5.74, 6) is 0.742. The van der Waals surface area contributed by atoms with Crippen LogP contribution in [0.3, 0.4) is 0 Å². The first kappa shape index (κ1) is 19.1. The first-order chi connectivity index (χ1) is 12.6. The summed E-state index contributed by atoms with van der Waals surface area (Å²) in [6.07, 6.45) is 3.38. The average Bonchev–Trinajstić information content (AvgIpc) is 2.65. The van der Waals surface area contributed by atoms with Crippen LogP contribution in [0, 0.1) is 0 Å². The van der Waals surface area contributed by atoms with Gasteiger partial charge in [0.15, 0.2) is 0 Å². The molecule has 138 valence electrons. The highest BCUT2D eigenvalue weighted by molar-refractivity contribution is 9.10. The topological polar surface area (TPSA) is 54.5 Å². The molecule has 26 heavy (non-hydrogen) atoms. The van der Waals surface area contributed by atoms with Gasteiger partial charge in [0.05, 0.1) is 12.7 Å². The molecule has 1 aliphatic heterocycles. The molecule has 0 unspecified atom stereocenters. The molecule has 1 aliphatic rings. The van der Waals surface area contributed by atoms with Crippen molar-refractivity contribution in [1.82, 2.24) is 15.2 Å². The van der Waals surface area contributed by atoms with Crippen molar-refractivity contribution in [3.8, 4) is 5.75 Å². The van der Waals surface area contributed by atoms with E-state index in [1.165, 1.54) is 5.56 Å². The minimum Gasteiger partial charge on any atom is -0.496 e. The highest BCUT2D eigenvalue weighted by Crippen LogP contribution is 2.22. The Labute approximate surface area is 166 Å². The van der Waals surface area contributed by atoms with E-state index in [0.29, 0.717) is 5.56 Å². The molecule has 0 saturated carbocycles. The lowest BCUT2D eigenvalue weighted by atomic mass is 10.0. The number of hydrogen-bond acceptors (Lipinski definition) is 4. The van der Waals surface area contributed by atoms with Gasteiger partial charge in [-0.2, -0.15) is 0 Å². The molecule has 5 nitrogen and oxygen atoms in total. The second kappa shape index (κ2) is 8.84. The van der Waals surface area contributed by atoms with E-state index in [4.69, 9.17) is 16.3 Å². The number of benzene rings is 1. The van der Waals surface area contributed by atoms with E-state index >= 15 is 0 Å². The molecule has 0 aliphatic carbocycles. The van der Waals surface area contributed by atoms with Crippen molar-refractivity contribution in [2.45, 2.75) is 25.4 Å². The monoisotopic (exact) mass is 437 g/mol. The number of aromatic nitrogens is 1. The number of pyridine rings is 1. The Kier molecular flexibility index (Phi) is 6.51. The number of ether oxygens (including phenoxy) is 1. The van der Waals surface area contributed by atoms with Crippen LogP contribution in [0.2, 0.25) is 5.15 Å². The third kappa shape index (κ3) is 4.75. The molecular weight excluding hydrogens is 418 g/mol. The predicted molar refractivity (Wildman–Crippen MR) is 106 cm³/mol. The maximum atomic E-state index is 12.5. The number of carbonyl (C=O) groups is 1. The number of hydrogen-bond donors (Lipinski definition) is 1. The van der Waals surface area contributed by atoms with Crippen LogP contribution in [0.1, 0.15) is 28.8 Å². The molecule has 1 saturated heterocycles. The standard InChI is InChI=1S/C19H21BrClN3O2/c1-26-17-5-3-2-4-13(17)12-24-8-6-15(7-9-24)23-19(25)16-10-14(20)11-22-18(16)21/h2-5,10-11,15H,6-9,12H2,1H3,(H,23,25). The number of nitrogens with zero attached hydrogens (tertiary/aromatic N) is 2. The number of likely N-dealkylation sites (tertiary alicyclic amines) is 1. The normalized spacial score (nSPS) is 15.7. The molecule has 7 heteroatoms. The Hall–Kier alpha value is -1.63. The molecule has 3 rings (SSSR count). The summed E-state index contributed by atoms with van der Waals surface area (Å²) in [6.45, 7) is 2.70. The van der Waals surface area contributed by atoms with Crippen LogP contribution in [0.5, 0.6) is 5.75 Å². The van der Waals surface area contributed by atoms with Crippen LogP contribution in [0.15, 0.2) is 41.0 Å². The summed E-state index contributed by atoms with van der Waals surface area (Å²) in [4.78, 5) is 18.8. The van der Waals surface area contributed by atoms with E-state index in [2.05, 4.69) is 37.2 Å². The smallest absolute Gasteiger partial charge is 0.254 e. The van der Waals surface area contributed by atoms with Crippen LogP contribution in [0.25, 0.3) is 0 Å². The predicted octanol–water partition coefficient (Wildman–Crippen LogP) is 3.90. The van der Waals surface area contributed by atoms with Crippen molar-refractivity contribution >= 4 is 33.4 Å². The van der Waals surface area contributed by atoms with E-state index in [0.717, 1.165) is 42.7 Å². The molecule has 1 fully saturated rings. The van der Waals surface area contributed by atoms with E-state index < -0.39 is 0 Å². The summed E-state index contributed by atoms with van der Waals surface area (Å²) in [5, 5.41) is 3.30. The van der Waals surface area contributed by atoms with Crippen molar-refractivity contribution in [2.75, 3.05) is 20.2 Å². The van der Waals surface area contributed by atoms with Crippen LogP contribution < -0.4 is 10.1 Å². The molecule has 0 bridgehead atoms. The molecule has 0 radical (unpaired) electrons. The summed E-state index contributed by atoms with van der Waals surface area (Å²) < 4.78 is 6.16. The molecule has 1 N–H and O–H groups in total. The van der Waals surface area contributed by atoms with Crippen molar-refractivity contribution < 1.29 is 9.53 Å². The number of halogens is 2. The summed E-state index contributed by atoms with van der Waals surface area (Å²) >= 11 is 9.36.